The number of phenols is 1. The molecule has 0 fully saturated rings. The number of halogens is 1. The van der Waals surface area contributed by atoms with Gasteiger partial charge in [-0.25, -0.2) is 4.39 Å². The van der Waals surface area contributed by atoms with Crippen LogP contribution >= 0.6 is 0 Å². The average molecular weight is 210 g/mol. The zero-order chi connectivity index (χ0) is 11.6. The highest BCUT2D eigenvalue weighted by Gasteiger charge is 2.20. The number of hydrogen-bond donors (Lipinski definition) is 1. The lowest BCUT2D eigenvalue weighted by Gasteiger charge is -2.21. The van der Waals surface area contributed by atoms with Gasteiger partial charge < -0.3 is 5.11 Å². The van der Waals surface area contributed by atoms with Crippen LogP contribution in [0.2, 0.25) is 0 Å². The van der Waals surface area contributed by atoms with Gasteiger partial charge in [0.2, 0.25) is 0 Å². The molecule has 0 amide bonds. The molecule has 0 bridgehead atoms. The number of hydrogen-bond acceptors (Lipinski definition) is 1. The third kappa shape index (κ3) is 2.71. The number of benzene rings is 1. The van der Waals surface area contributed by atoms with Gasteiger partial charge in [-0.1, -0.05) is 34.1 Å². The van der Waals surface area contributed by atoms with Gasteiger partial charge in [0.25, 0.3) is 0 Å². The predicted molar refractivity (Wildman–Crippen MR) is 60.8 cm³/mol. The van der Waals surface area contributed by atoms with Crippen LogP contribution in [-0.4, -0.2) is 5.11 Å². The molecule has 0 radical (unpaired) electrons. The van der Waals surface area contributed by atoms with E-state index >= 15 is 0 Å². The zero-order valence-electron chi connectivity index (χ0n) is 9.89. The van der Waals surface area contributed by atoms with Crippen molar-refractivity contribution >= 4 is 0 Å². The molecule has 0 aliphatic rings. The van der Waals surface area contributed by atoms with Crippen LogP contribution in [0.25, 0.3) is 0 Å². The summed E-state index contributed by atoms with van der Waals surface area (Å²) in [6, 6.07) is 3.01. The molecule has 0 heterocycles. The molecular weight excluding hydrogens is 191 g/mol. The first-order chi connectivity index (χ1) is 6.86. The standard InChI is InChI=1S/C13H19FO/c1-5-6-9-7-11(14)10(8-12(9)15)13(2,3)4/h7-8,15H,5-6H2,1-4H3. The van der Waals surface area contributed by atoms with Crippen molar-refractivity contribution in [1.29, 1.82) is 0 Å². The number of rotatable bonds is 2. The van der Waals surface area contributed by atoms with Crippen molar-refractivity contribution in [2.75, 3.05) is 0 Å². The minimum Gasteiger partial charge on any atom is -0.508 e. The Bertz CT molecular complexity index is 350. The van der Waals surface area contributed by atoms with Crippen molar-refractivity contribution in [3.63, 3.8) is 0 Å². The first-order valence-electron chi connectivity index (χ1n) is 5.38. The fraction of sp³-hybridized carbons (Fsp3) is 0.538. The van der Waals surface area contributed by atoms with Crippen molar-refractivity contribution < 1.29 is 9.50 Å². The Morgan fingerprint density at radius 3 is 2.33 bits per heavy atom. The largest absolute Gasteiger partial charge is 0.508 e. The summed E-state index contributed by atoms with van der Waals surface area (Å²) < 4.78 is 13.7. The Morgan fingerprint density at radius 1 is 1.27 bits per heavy atom. The molecule has 2 heteroatoms. The smallest absolute Gasteiger partial charge is 0.127 e. The topological polar surface area (TPSA) is 20.2 Å². The molecule has 1 N–H and O–H groups in total. The van der Waals surface area contributed by atoms with E-state index in [1.807, 2.05) is 27.7 Å². The van der Waals surface area contributed by atoms with E-state index in [0.717, 1.165) is 6.42 Å². The monoisotopic (exact) mass is 210 g/mol. The van der Waals surface area contributed by atoms with Gasteiger partial charge in [0, 0.05) is 0 Å². The number of phenolic OH excluding ortho intramolecular Hbond substituents is 1. The maximum atomic E-state index is 13.7. The summed E-state index contributed by atoms with van der Waals surface area (Å²) in [5, 5.41) is 9.74. The maximum Gasteiger partial charge on any atom is 0.127 e. The molecule has 1 aromatic carbocycles. The summed E-state index contributed by atoms with van der Waals surface area (Å²) in [4.78, 5) is 0. The molecule has 0 unspecified atom stereocenters. The highest BCUT2D eigenvalue weighted by Crippen LogP contribution is 2.31. The molecule has 1 aromatic rings. The summed E-state index contributed by atoms with van der Waals surface area (Å²) in [6.07, 6.45) is 1.62. The summed E-state index contributed by atoms with van der Waals surface area (Å²) in [5.74, 6) is -0.00748. The first kappa shape index (κ1) is 12.0. The van der Waals surface area contributed by atoms with Gasteiger partial charge >= 0.3 is 0 Å². The highest BCUT2D eigenvalue weighted by molar-refractivity contribution is 5.40. The van der Waals surface area contributed by atoms with Gasteiger partial charge in [0.15, 0.2) is 0 Å². The van der Waals surface area contributed by atoms with Gasteiger partial charge in [-0.3, -0.25) is 0 Å². The van der Waals surface area contributed by atoms with Crippen LogP contribution in [0.1, 0.15) is 45.2 Å². The second kappa shape index (κ2) is 4.21. The normalized spacial score (nSPS) is 11.8. The van der Waals surface area contributed by atoms with Gasteiger partial charge in [-0.2, -0.15) is 0 Å². The third-order valence-electron chi connectivity index (χ3n) is 2.50. The first-order valence-corrected chi connectivity index (χ1v) is 5.38. The maximum absolute atomic E-state index is 13.7. The van der Waals surface area contributed by atoms with Crippen LogP contribution in [0.4, 0.5) is 4.39 Å². The second-order valence-electron chi connectivity index (χ2n) is 4.96. The molecule has 1 rings (SSSR count). The molecule has 1 nitrogen and oxygen atoms in total. The van der Waals surface area contributed by atoms with Gasteiger partial charge in [-0.05, 0) is 35.1 Å². The minimum atomic E-state index is -0.272. The summed E-state index contributed by atoms with van der Waals surface area (Å²) in [7, 11) is 0. The van der Waals surface area contributed by atoms with Crippen LogP contribution in [-0.2, 0) is 11.8 Å². The molecule has 0 saturated carbocycles. The minimum absolute atomic E-state index is 0.211. The Kier molecular flexibility index (Phi) is 3.38. The Balaban J connectivity index is 3.20. The molecule has 84 valence electrons. The summed E-state index contributed by atoms with van der Waals surface area (Å²) in [6.45, 7) is 7.81. The summed E-state index contributed by atoms with van der Waals surface area (Å²) in [5.41, 5.74) is 0.995. The van der Waals surface area contributed by atoms with Crippen LogP contribution in [0, 0.1) is 5.82 Å². The van der Waals surface area contributed by atoms with E-state index in [1.165, 1.54) is 6.07 Å². The van der Waals surface area contributed by atoms with Crippen molar-refractivity contribution in [1.82, 2.24) is 0 Å². The quantitative estimate of drug-likeness (QED) is 0.787. The lowest BCUT2D eigenvalue weighted by Crippen LogP contribution is -2.13. The number of aryl methyl sites for hydroxylation is 1. The van der Waals surface area contributed by atoms with E-state index in [1.54, 1.807) is 6.07 Å². The lowest BCUT2D eigenvalue weighted by molar-refractivity contribution is 0.454. The molecule has 0 saturated heterocycles. The van der Waals surface area contributed by atoms with Crippen molar-refractivity contribution in [2.24, 2.45) is 0 Å². The zero-order valence-corrected chi connectivity index (χ0v) is 9.89. The van der Waals surface area contributed by atoms with Gasteiger partial charge in [0.05, 0.1) is 0 Å². The van der Waals surface area contributed by atoms with E-state index in [0.29, 0.717) is 17.5 Å². The lowest BCUT2D eigenvalue weighted by atomic mass is 9.85. The predicted octanol–water partition coefficient (Wildman–Crippen LogP) is 3.78. The van der Waals surface area contributed by atoms with Crippen LogP contribution < -0.4 is 0 Å². The van der Waals surface area contributed by atoms with Crippen molar-refractivity contribution in [3.05, 3.63) is 29.1 Å². The Morgan fingerprint density at radius 2 is 1.87 bits per heavy atom. The molecule has 0 atom stereocenters. The SMILES string of the molecule is CCCc1cc(F)c(C(C)(C)C)cc1O. The van der Waals surface area contributed by atoms with E-state index in [4.69, 9.17) is 0 Å². The van der Waals surface area contributed by atoms with Crippen LogP contribution in [0.5, 0.6) is 5.75 Å². The Labute approximate surface area is 90.9 Å². The van der Waals surface area contributed by atoms with Crippen LogP contribution in [0.3, 0.4) is 0 Å². The highest BCUT2D eigenvalue weighted by atomic mass is 19.1. The molecular formula is C13H19FO. The fourth-order valence-electron chi connectivity index (χ4n) is 1.65. The fourth-order valence-corrected chi connectivity index (χ4v) is 1.65. The van der Waals surface area contributed by atoms with Crippen molar-refractivity contribution in [3.8, 4) is 5.75 Å². The van der Waals surface area contributed by atoms with E-state index < -0.39 is 0 Å². The second-order valence-corrected chi connectivity index (χ2v) is 4.96. The third-order valence-corrected chi connectivity index (χ3v) is 2.50. The molecule has 0 aromatic heterocycles. The number of aromatic hydroxyl groups is 1. The van der Waals surface area contributed by atoms with Gasteiger partial charge in [-0.15, -0.1) is 0 Å². The molecule has 0 spiro atoms. The molecule has 15 heavy (non-hydrogen) atoms. The Hall–Kier alpha value is -1.05. The van der Waals surface area contributed by atoms with Gasteiger partial charge in [0.1, 0.15) is 11.6 Å². The summed E-state index contributed by atoms with van der Waals surface area (Å²) >= 11 is 0. The average Bonchev–Trinajstić information content (AvgIpc) is 2.09. The van der Waals surface area contributed by atoms with E-state index in [-0.39, 0.29) is 17.0 Å². The molecule has 0 aliphatic carbocycles. The van der Waals surface area contributed by atoms with E-state index in [2.05, 4.69) is 0 Å². The molecule has 0 aliphatic heterocycles. The van der Waals surface area contributed by atoms with E-state index in [9.17, 15) is 9.50 Å². The van der Waals surface area contributed by atoms with Crippen LogP contribution in [0.15, 0.2) is 12.1 Å². The van der Waals surface area contributed by atoms with Crippen molar-refractivity contribution in [2.45, 2.75) is 46.0 Å².